The Kier molecular flexibility index (Phi) is 7.17. The summed E-state index contributed by atoms with van der Waals surface area (Å²) >= 11 is 0. The molecule has 1 amide bonds. The number of nitrogens with zero attached hydrogens (tertiary/aromatic N) is 4. The van der Waals surface area contributed by atoms with E-state index in [0.29, 0.717) is 17.8 Å². The lowest BCUT2D eigenvalue weighted by molar-refractivity contribution is -0.275. The van der Waals surface area contributed by atoms with E-state index in [1.807, 2.05) is 0 Å². The van der Waals surface area contributed by atoms with E-state index < -0.39 is 53.0 Å². The van der Waals surface area contributed by atoms with Gasteiger partial charge in [0, 0.05) is 30.1 Å². The van der Waals surface area contributed by atoms with Gasteiger partial charge in [-0.3, -0.25) is 9.78 Å². The van der Waals surface area contributed by atoms with Crippen LogP contribution in [0.4, 0.5) is 22.0 Å². The maximum atomic E-state index is 14.6. The molecule has 0 aliphatic carbocycles. The Hall–Kier alpha value is -3.61. The van der Waals surface area contributed by atoms with E-state index in [1.165, 1.54) is 25.3 Å². The lowest BCUT2D eigenvalue weighted by Crippen LogP contribution is -2.46. The summed E-state index contributed by atoms with van der Waals surface area (Å²) in [6, 6.07) is 5.24. The molecular weight excluding hydrogens is 513 g/mol. The number of aryl methyl sites for hydroxylation is 2. The van der Waals surface area contributed by atoms with Gasteiger partial charge >= 0.3 is 6.18 Å². The molecule has 13 heteroatoms. The molecule has 0 unspecified atom stereocenters. The molecule has 1 saturated heterocycles. The van der Waals surface area contributed by atoms with Gasteiger partial charge in [0.15, 0.2) is 23.0 Å². The van der Waals surface area contributed by atoms with Gasteiger partial charge in [0.25, 0.3) is 5.91 Å². The Morgan fingerprint density at radius 3 is 2.58 bits per heavy atom. The van der Waals surface area contributed by atoms with E-state index in [1.54, 1.807) is 17.6 Å². The van der Waals surface area contributed by atoms with Crippen LogP contribution in [0.5, 0.6) is 5.75 Å². The molecule has 0 radical (unpaired) electrons. The predicted octanol–water partition coefficient (Wildman–Crippen LogP) is 4.42. The fourth-order valence-electron chi connectivity index (χ4n) is 4.93. The number of aromatic nitrogens is 4. The summed E-state index contributed by atoms with van der Waals surface area (Å²) in [7, 11) is 1.11. The first-order valence-corrected chi connectivity index (χ1v) is 11.7. The normalized spacial score (nSPS) is 23.6. The third-order valence-electron chi connectivity index (χ3n) is 7.23. The van der Waals surface area contributed by atoms with Crippen molar-refractivity contribution in [1.82, 2.24) is 19.7 Å². The van der Waals surface area contributed by atoms with E-state index in [9.17, 15) is 26.7 Å². The SMILES string of the molecule is COc1c([C@@H]2[C@@H](c3nnc(C)n3CCc3ccnc(C(N)=O)c3)O[C@](C)(C(F)(F)F)[C@@H]2C)ccc(F)c1F. The monoisotopic (exact) mass is 539 g/mol. The van der Waals surface area contributed by atoms with Gasteiger partial charge in [0.2, 0.25) is 5.82 Å². The number of carbonyl (C=O) groups excluding carboxylic acids is 1. The lowest BCUT2D eigenvalue weighted by atomic mass is 9.77. The minimum absolute atomic E-state index is 0.0179. The third-order valence-corrected chi connectivity index (χ3v) is 7.23. The molecule has 3 aromatic rings. The van der Waals surface area contributed by atoms with Crippen LogP contribution in [0.2, 0.25) is 0 Å². The number of nitrogens with two attached hydrogens (primary N) is 1. The molecule has 4 atom stereocenters. The summed E-state index contributed by atoms with van der Waals surface area (Å²) in [5, 5.41) is 8.19. The number of pyridine rings is 1. The zero-order valence-corrected chi connectivity index (χ0v) is 21.0. The van der Waals surface area contributed by atoms with Crippen LogP contribution in [-0.4, -0.2) is 44.5 Å². The van der Waals surface area contributed by atoms with Crippen molar-refractivity contribution in [3.8, 4) is 5.75 Å². The first-order valence-electron chi connectivity index (χ1n) is 11.7. The van der Waals surface area contributed by atoms with Gasteiger partial charge < -0.3 is 19.8 Å². The van der Waals surface area contributed by atoms with Crippen LogP contribution in [0, 0.1) is 24.5 Å². The first kappa shape index (κ1) is 27.4. The fourth-order valence-corrected chi connectivity index (χ4v) is 4.93. The summed E-state index contributed by atoms with van der Waals surface area (Å²) in [5.41, 5.74) is 3.45. The Labute approximate surface area is 215 Å². The smallest absolute Gasteiger partial charge is 0.417 e. The van der Waals surface area contributed by atoms with Crippen LogP contribution in [-0.2, 0) is 17.7 Å². The predicted molar refractivity (Wildman–Crippen MR) is 124 cm³/mol. The molecule has 38 heavy (non-hydrogen) atoms. The van der Waals surface area contributed by atoms with Crippen LogP contribution >= 0.6 is 0 Å². The standard InChI is InChI=1S/C25H26F5N5O3/c1-12-18(15-5-6-16(26)19(27)20(15)37-4)21(38-24(12,3)25(28,29)30)23-34-33-13(2)35(23)10-8-14-7-9-32-17(11-14)22(31)36/h5-7,9,11-12,18,21H,8,10H2,1-4H3,(H2,31,36)/t12-,18-,21+,24+/m1/s1. The van der Waals surface area contributed by atoms with Gasteiger partial charge in [-0.2, -0.15) is 17.6 Å². The highest BCUT2D eigenvalue weighted by Gasteiger charge is 2.65. The van der Waals surface area contributed by atoms with Crippen molar-refractivity contribution in [2.24, 2.45) is 11.7 Å². The van der Waals surface area contributed by atoms with Crippen LogP contribution in [0.3, 0.4) is 0 Å². The number of primary amides is 1. The van der Waals surface area contributed by atoms with Gasteiger partial charge in [-0.15, -0.1) is 10.2 Å². The fraction of sp³-hybridized carbons (Fsp3) is 0.440. The number of rotatable bonds is 7. The molecule has 0 saturated carbocycles. The number of benzene rings is 1. The quantitative estimate of drug-likeness (QED) is 0.446. The average molecular weight is 540 g/mol. The van der Waals surface area contributed by atoms with Crippen LogP contribution in [0.1, 0.15) is 59.1 Å². The van der Waals surface area contributed by atoms with Gasteiger partial charge in [-0.05, 0) is 44.0 Å². The summed E-state index contributed by atoms with van der Waals surface area (Å²) in [5.74, 6) is -5.57. The van der Waals surface area contributed by atoms with Crippen molar-refractivity contribution in [2.75, 3.05) is 7.11 Å². The van der Waals surface area contributed by atoms with Crippen molar-refractivity contribution in [1.29, 1.82) is 0 Å². The van der Waals surface area contributed by atoms with Crippen molar-refractivity contribution < 1.29 is 36.2 Å². The van der Waals surface area contributed by atoms with Gasteiger partial charge in [-0.25, -0.2) is 4.39 Å². The largest absolute Gasteiger partial charge is 0.493 e. The molecule has 1 aliphatic rings. The summed E-state index contributed by atoms with van der Waals surface area (Å²) < 4.78 is 83.9. The minimum Gasteiger partial charge on any atom is -0.493 e. The maximum Gasteiger partial charge on any atom is 0.417 e. The van der Waals surface area contributed by atoms with E-state index in [2.05, 4.69) is 15.2 Å². The average Bonchev–Trinajstić information content (AvgIpc) is 3.36. The van der Waals surface area contributed by atoms with Crippen LogP contribution in [0.15, 0.2) is 30.5 Å². The van der Waals surface area contributed by atoms with E-state index >= 15 is 0 Å². The molecule has 2 aromatic heterocycles. The van der Waals surface area contributed by atoms with E-state index in [4.69, 9.17) is 15.2 Å². The Morgan fingerprint density at radius 2 is 1.95 bits per heavy atom. The van der Waals surface area contributed by atoms with Crippen LogP contribution in [0.25, 0.3) is 0 Å². The molecule has 3 heterocycles. The van der Waals surface area contributed by atoms with E-state index in [-0.39, 0.29) is 23.6 Å². The highest BCUT2D eigenvalue weighted by atomic mass is 19.4. The minimum atomic E-state index is -4.78. The molecule has 1 fully saturated rings. The van der Waals surface area contributed by atoms with Gasteiger partial charge in [-0.1, -0.05) is 13.0 Å². The molecule has 204 valence electrons. The molecule has 2 N–H and O–H groups in total. The molecule has 0 spiro atoms. The van der Waals surface area contributed by atoms with Crippen molar-refractivity contribution in [3.05, 3.63) is 70.6 Å². The molecule has 0 bridgehead atoms. The summed E-state index contributed by atoms with van der Waals surface area (Å²) in [6.45, 7) is 4.11. The Morgan fingerprint density at radius 1 is 1.24 bits per heavy atom. The number of methoxy groups -OCH3 is 1. The van der Waals surface area contributed by atoms with Crippen molar-refractivity contribution in [3.63, 3.8) is 0 Å². The highest BCUT2D eigenvalue weighted by molar-refractivity contribution is 5.90. The first-order chi connectivity index (χ1) is 17.8. The molecule has 1 aromatic carbocycles. The number of amides is 1. The molecule has 4 rings (SSSR count). The summed E-state index contributed by atoms with van der Waals surface area (Å²) in [4.78, 5) is 15.4. The number of ether oxygens (including phenoxy) is 2. The number of halogens is 5. The second kappa shape index (κ2) is 9.93. The Bertz CT molecular complexity index is 1360. The maximum absolute atomic E-state index is 14.6. The van der Waals surface area contributed by atoms with Gasteiger partial charge in [0.05, 0.1) is 7.11 Å². The number of carbonyl (C=O) groups is 1. The number of hydrogen-bond donors (Lipinski definition) is 1. The van der Waals surface area contributed by atoms with Gasteiger partial charge in [0.1, 0.15) is 17.6 Å². The highest BCUT2D eigenvalue weighted by Crippen LogP contribution is 2.59. The molecular formula is C25H26F5N5O3. The molecule has 1 aliphatic heterocycles. The van der Waals surface area contributed by atoms with Crippen molar-refractivity contribution in [2.45, 2.75) is 57.5 Å². The second-order valence-electron chi connectivity index (χ2n) is 9.36. The van der Waals surface area contributed by atoms with Crippen LogP contribution < -0.4 is 10.5 Å². The second-order valence-corrected chi connectivity index (χ2v) is 9.36. The molecule has 8 nitrogen and oxygen atoms in total. The third kappa shape index (κ3) is 4.59. The number of alkyl halides is 3. The Balaban J connectivity index is 1.79. The topological polar surface area (TPSA) is 105 Å². The zero-order valence-electron chi connectivity index (χ0n) is 21.0. The van der Waals surface area contributed by atoms with E-state index in [0.717, 1.165) is 20.1 Å². The zero-order chi connectivity index (χ0) is 28.0. The lowest BCUT2D eigenvalue weighted by Gasteiger charge is -2.32. The number of hydrogen-bond acceptors (Lipinski definition) is 6. The van der Waals surface area contributed by atoms with Crippen molar-refractivity contribution >= 4 is 5.91 Å². The summed E-state index contributed by atoms with van der Waals surface area (Å²) in [6.07, 6.45) is -4.34.